The molecule has 1 unspecified atom stereocenters. The highest BCUT2D eigenvalue weighted by atomic mass is 32.2. The highest BCUT2D eigenvalue weighted by molar-refractivity contribution is 7.99. The lowest BCUT2D eigenvalue weighted by Crippen LogP contribution is -2.61. The second-order valence-electron chi connectivity index (χ2n) is 25.1. The van der Waals surface area contributed by atoms with Crippen molar-refractivity contribution in [2.45, 2.75) is 230 Å². The summed E-state index contributed by atoms with van der Waals surface area (Å²) in [5.41, 5.74) is 20.3. The average Bonchev–Trinajstić information content (AvgIpc) is 1.65. The van der Waals surface area contributed by atoms with Gasteiger partial charge in [-0.05, 0) is 74.0 Å². The van der Waals surface area contributed by atoms with Gasteiger partial charge in [0.1, 0.15) is 48.0 Å². The van der Waals surface area contributed by atoms with Gasteiger partial charge in [-0.15, -0.1) is 23.5 Å². The minimum Gasteiger partial charge on any atom is -0.508 e. The van der Waals surface area contributed by atoms with E-state index in [-0.39, 0.29) is 73.1 Å². The number of phenolic OH excluding ortho intramolecular Hbond substituents is 1. The molecule has 25 nitrogen and oxygen atoms in total. The molecule has 10 amide bonds. The lowest BCUT2D eigenvalue weighted by molar-refractivity contribution is -0.135. The number of thioether (sulfide) groups is 2. The van der Waals surface area contributed by atoms with Gasteiger partial charge in [-0.25, -0.2) is 0 Å². The number of benzene rings is 3. The van der Waals surface area contributed by atoms with Crippen LogP contribution in [0.2, 0.25) is 0 Å². The fourth-order valence-electron chi connectivity index (χ4n) is 11.0. The van der Waals surface area contributed by atoms with E-state index >= 15 is 9.59 Å². The molecule has 18 N–H and O–H groups in total. The van der Waals surface area contributed by atoms with Gasteiger partial charge in [-0.3, -0.25) is 47.9 Å². The van der Waals surface area contributed by atoms with Gasteiger partial charge >= 0.3 is 0 Å². The van der Waals surface area contributed by atoms with Crippen molar-refractivity contribution in [1.82, 2.24) is 52.8 Å². The number of carbonyl (C=O) groups excluding carboxylic acids is 10. The first-order chi connectivity index (χ1) is 47.1. The zero-order valence-corrected chi connectivity index (χ0v) is 59.2. The Morgan fingerprint density at radius 2 is 0.888 bits per heavy atom. The molecule has 4 aromatic rings. The first-order valence-electron chi connectivity index (χ1n) is 34.7. The smallest absolute Gasteiger partial charge is 0.244 e. The van der Waals surface area contributed by atoms with Crippen molar-refractivity contribution in [3.05, 3.63) is 102 Å². The van der Waals surface area contributed by atoms with Crippen molar-refractivity contribution >= 4 is 93.5 Å². The minimum atomic E-state index is -1.54. The molecule has 0 aliphatic rings. The molecular formula is C71H109N13O12S2. The Morgan fingerprint density at radius 3 is 1.38 bits per heavy atom. The van der Waals surface area contributed by atoms with Crippen molar-refractivity contribution in [3.8, 4) is 5.75 Å². The van der Waals surface area contributed by atoms with Crippen LogP contribution in [0.15, 0.2) is 85.1 Å². The molecule has 1 aromatic heterocycles. The van der Waals surface area contributed by atoms with Crippen LogP contribution in [0.25, 0.3) is 10.9 Å². The SMILES string of the molecule is CCCCCCCCCCCCCCCCCCC(N)C(=O)N[C@H](Cc1ccccc1)C(=O)N[C@@H](CSCNC(C)=O)C(=O)N[C@@H](Cc1ccc(O)cc1)C(=O)N[C@H](Cc1c[nH]c2ccccc12)C(=O)N[C@@H](CCCCN)C(=O)N[C@@H](CSCNC(C)=O)C(=O)N[C@H](C(N)=O)[C@@H](C)O. The van der Waals surface area contributed by atoms with E-state index in [1.807, 2.05) is 24.3 Å². The fraction of sp³-hybridized carbons (Fsp3) is 0.577. The summed E-state index contributed by atoms with van der Waals surface area (Å²) in [5, 5.41) is 45.6. The summed E-state index contributed by atoms with van der Waals surface area (Å²) < 4.78 is 0. The molecular weight excluding hydrogens is 1290 g/mol. The van der Waals surface area contributed by atoms with Gasteiger partial charge in [-0.1, -0.05) is 170 Å². The van der Waals surface area contributed by atoms with Gasteiger partial charge in [0.25, 0.3) is 0 Å². The van der Waals surface area contributed by atoms with E-state index in [9.17, 15) is 48.6 Å². The molecule has 27 heteroatoms. The largest absolute Gasteiger partial charge is 0.508 e. The first kappa shape index (κ1) is 82.7. The van der Waals surface area contributed by atoms with E-state index in [0.29, 0.717) is 46.9 Å². The van der Waals surface area contributed by atoms with Gasteiger partial charge in [0.2, 0.25) is 59.1 Å². The number of hydrogen-bond donors (Lipinski definition) is 15. The summed E-state index contributed by atoms with van der Waals surface area (Å²) in [6.07, 6.45) is 20.2. The zero-order chi connectivity index (χ0) is 71.6. The number of aliphatic hydroxyl groups is 1. The van der Waals surface area contributed by atoms with E-state index < -0.39 is 102 Å². The number of hydrogen-bond acceptors (Lipinski definition) is 16. The molecule has 0 radical (unpaired) electrons. The number of aromatic nitrogens is 1. The number of rotatable bonds is 51. The maximum atomic E-state index is 15.2. The summed E-state index contributed by atoms with van der Waals surface area (Å²) in [6.45, 7) is 6.33. The van der Waals surface area contributed by atoms with Gasteiger partial charge < -0.3 is 80.2 Å². The number of fused-ring (bicyclic) bond motifs is 1. The van der Waals surface area contributed by atoms with Gasteiger partial charge in [-0.2, -0.15) is 0 Å². The van der Waals surface area contributed by atoms with Crippen LogP contribution in [0.1, 0.15) is 173 Å². The summed E-state index contributed by atoms with van der Waals surface area (Å²) in [5.74, 6) is -7.68. The van der Waals surface area contributed by atoms with E-state index in [0.717, 1.165) is 55.6 Å². The minimum absolute atomic E-state index is 0.0116. The van der Waals surface area contributed by atoms with Crippen LogP contribution in [0.4, 0.5) is 0 Å². The molecule has 0 saturated heterocycles. The number of para-hydroxylation sites is 1. The lowest BCUT2D eigenvalue weighted by atomic mass is 10.0. The number of carbonyl (C=O) groups is 10. The molecule has 0 bridgehead atoms. The maximum Gasteiger partial charge on any atom is 0.244 e. The lowest BCUT2D eigenvalue weighted by Gasteiger charge is -2.28. The molecule has 98 heavy (non-hydrogen) atoms. The highest BCUT2D eigenvalue weighted by Crippen LogP contribution is 2.21. The van der Waals surface area contributed by atoms with Gasteiger partial charge in [0, 0.05) is 61.7 Å². The number of unbranched alkanes of at least 4 members (excludes halogenated alkanes) is 16. The maximum absolute atomic E-state index is 15.2. The molecule has 1 heterocycles. The fourth-order valence-corrected chi connectivity index (χ4v) is 12.8. The van der Waals surface area contributed by atoms with E-state index in [1.54, 1.807) is 36.5 Å². The Morgan fingerprint density at radius 1 is 0.480 bits per heavy atom. The number of H-pyrrole nitrogens is 1. The molecule has 0 aliphatic carbocycles. The molecule has 3 aromatic carbocycles. The highest BCUT2D eigenvalue weighted by Gasteiger charge is 2.36. The number of nitrogens with one attached hydrogen (secondary N) is 10. The number of primary amides is 1. The quantitative estimate of drug-likeness (QED) is 0.0206. The van der Waals surface area contributed by atoms with Crippen LogP contribution in [0.3, 0.4) is 0 Å². The standard InChI is InChI=1S/C71H109N13O12S2/c1-5-6-7-8-9-10-11-12-13-14-15-16-17-18-19-23-31-55(73)65(90)79-58(39-50-28-21-20-22-29-50)68(93)83-61(43-97-45-76-48(3)86)70(95)80-59(40-51-34-36-53(88)37-35-51)67(92)81-60(41-52-42-75-56-32-25-24-30-54(52)56)69(94)78-57(33-26-27-38-72)66(91)82-62(44-98-46-77-49(4)87)71(96)84-63(47(2)85)64(74)89/h20-22,24-25,28-30,32,34-37,42,47,55,57-63,75,85,88H,5-19,23,26-27,31,33,38-41,43-46,72-73H2,1-4H3,(H2,74,89)(H,76,86)(H,77,87)(H,78,94)(H,79,90)(H,80,95)(H,81,92)(H,82,91)(H,83,93)(H,84,96)/t47-,55?,57+,58-,59+,60-,61+,62+,63+/m1/s1. The Labute approximate surface area is 585 Å². The Bertz CT molecular complexity index is 3090. The number of aromatic hydroxyl groups is 1. The van der Waals surface area contributed by atoms with Crippen molar-refractivity contribution in [2.75, 3.05) is 29.8 Å². The predicted octanol–water partition coefficient (Wildman–Crippen LogP) is 4.92. The van der Waals surface area contributed by atoms with Gasteiger partial charge in [0.05, 0.1) is 23.9 Å². The normalized spacial score (nSPS) is 14.0. The molecule has 4 rings (SSSR count). The van der Waals surface area contributed by atoms with E-state index in [2.05, 4.69) is 59.8 Å². The van der Waals surface area contributed by atoms with E-state index in [4.69, 9.17) is 17.2 Å². The second kappa shape index (κ2) is 47.3. The first-order valence-corrected chi connectivity index (χ1v) is 37.0. The number of aromatic amines is 1. The number of nitrogens with two attached hydrogens (primary N) is 3. The Kier molecular flexibility index (Phi) is 39.9. The van der Waals surface area contributed by atoms with Crippen molar-refractivity contribution in [2.24, 2.45) is 17.2 Å². The molecule has 0 spiro atoms. The zero-order valence-electron chi connectivity index (χ0n) is 57.6. The predicted molar refractivity (Wildman–Crippen MR) is 386 cm³/mol. The van der Waals surface area contributed by atoms with E-state index in [1.165, 1.54) is 116 Å². The third-order valence-electron chi connectivity index (χ3n) is 16.7. The Hall–Kier alpha value is -7.72. The summed E-state index contributed by atoms with van der Waals surface area (Å²) in [6, 6.07) is 11.2. The molecule has 0 aliphatic heterocycles. The number of amides is 10. The molecule has 542 valence electrons. The summed E-state index contributed by atoms with van der Waals surface area (Å²) in [4.78, 5) is 141. The number of aliphatic hydroxyl groups excluding tert-OH is 1. The summed E-state index contributed by atoms with van der Waals surface area (Å²) in [7, 11) is 0. The van der Waals surface area contributed by atoms with Gasteiger partial charge in [0.15, 0.2) is 0 Å². The van der Waals surface area contributed by atoms with Crippen molar-refractivity contribution in [1.29, 1.82) is 0 Å². The average molecular weight is 1400 g/mol. The van der Waals surface area contributed by atoms with Crippen molar-refractivity contribution in [3.63, 3.8) is 0 Å². The Balaban J connectivity index is 1.61. The molecule has 9 atom stereocenters. The van der Waals surface area contributed by atoms with Crippen LogP contribution in [-0.2, 0) is 67.2 Å². The third kappa shape index (κ3) is 32.8. The second-order valence-corrected chi connectivity index (χ2v) is 27.2. The summed E-state index contributed by atoms with van der Waals surface area (Å²) >= 11 is 2.16. The van der Waals surface area contributed by atoms with Crippen LogP contribution in [0, 0.1) is 0 Å². The van der Waals surface area contributed by atoms with Crippen LogP contribution in [0.5, 0.6) is 5.75 Å². The molecule has 0 saturated carbocycles. The van der Waals surface area contributed by atoms with Crippen molar-refractivity contribution < 1.29 is 58.2 Å². The monoisotopic (exact) mass is 1400 g/mol. The van der Waals surface area contributed by atoms with Crippen LogP contribution in [-0.4, -0.2) is 159 Å². The molecule has 0 fully saturated rings. The van der Waals surface area contributed by atoms with Crippen LogP contribution >= 0.6 is 23.5 Å². The van der Waals surface area contributed by atoms with Crippen LogP contribution < -0.4 is 65.1 Å². The third-order valence-corrected chi connectivity index (χ3v) is 18.5. The number of phenols is 1. The topological polar surface area (TPSA) is 413 Å².